The summed E-state index contributed by atoms with van der Waals surface area (Å²) in [5.74, 6) is 0.262. The average molecular weight is 451 g/mol. The van der Waals surface area contributed by atoms with E-state index in [1.165, 1.54) is 0 Å². The number of aliphatic hydroxyl groups is 1. The molecule has 2 N–H and O–H groups in total. The van der Waals surface area contributed by atoms with E-state index in [4.69, 9.17) is 9.47 Å². The highest BCUT2D eigenvalue weighted by molar-refractivity contribution is 5.98. The number of carbonyl (C=O) groups excluding carboxylic acids is 1. The van der Waals surface area contributed by atoms with Gasteiger partial charge in [-0.1, -0.05) is 6.07 Å². The number of benzene rings is 1. The Bertz CT molecular complexity index is 1140. The monoisotopic (exact) mass is 450 g/mol. The number of rotatable bonds is 6. The third-order valence-electron chi connectivity index (χ3n) is 6.23. The Labute approximate surface area is 193 Å². The van der Waals surface area contributed by atoms with Crippen LogP contribution in [0.1, 0.15) is 39.0 Å². The van der Waals surface area contributed by atoms with Gasteiger partial charge in [-0.05, 0) is 67.1 Å². The topological polar surface area (TPSA) is 98.5 Å². The number of nitrogens with one attached hydrogen (secondary N) is 1. The van der Waals surface area contributed by atoms with Gasteiger partial charge in [0.2, 0.25) is 0 Å². The molecule has 33 heavy (non-hydrogen) atoms. The lowest BCUT2D eigenvalue weighted by Crippen LogP contribution is -2.49. The maximum atomic E-state index is 13.1. The lowest BCUT2D eigenvalue weighted by Gasteiger charge is -2.29. The molecule has 1 saturated heterocycles. The van der Waals surface area contributed by atoms with Crippen molar-refractivity contribution in [3.8, 4) is 17.1 Å². The highest BCUT2D eigenvalue weighted by atomic mass is 16.5. The molecule has 0 bridgehead atoms. The lowest BCUT2D eigenvalue weighted by molar-refractivity contribution is -0.0140. The summed E-state index contributed by atoms with van der Waals surface area (Å²) in [6.07, 6.45) is 4.24. The maximum Gasteiger partial charge on any atom is 0.255 e. The number of hydrogen-bond acceptors (Lipinski definition) is 6. The molecular formula is C25H30N4O4. The van der Waals surface area contributed by atoms with Gasteiger partial charge in [-0.3, -0.25) is 14.5 Å². The minimum absolute atomic E-state index is 0.283. The highest BCUT2D eigenvalue weighted by Gasteiger charge is 2.27. The molecule has 1 aliphatic heterocycles. The molecule has 1 amide bonds. The van der Waals surface area contributed by atoms with Gasteiger partial charge >= 0.3 is 0 Å². The third kappa shape index (κ3) is 4.91. The summed E-state index contributed by atoms with van der Waals surface area (Å²) in [6.45, 7) is 4.78. The van der Waals surface area contributed by atoms with Crippen molar-refractivity contribution in [2.45, 2.75) is 38.8 Å². The molecule has 1 fully saturated rings. The molecule has 4 rings (SSSR count). The first-order valence-electron chi connectivity index (χ1n) is 11.1. The molecule has 2 aromatic heterocycles. The van der Waals surface area contributed by atoms with E-state index >= 15 is 0 Å². The van der Waals surface area contributed by atoms with Gasteiger partial charge in [0.25, 0.3) is 5.91 Å². The fourth-order valence-corrected chi connectivity index (χ4v) is 4.14. The summed E-state index contributed by atoms with van der Waals surface area (Å²) in [5, 5.41) is 17.5. The van der Waals surface area contributed by atoms with Crippen LogP contribution in [0.15, 0.2) is 36.7 Å². The van der Waals surface area contributed by atoms with Gasteiger partial charge < -0.3 is 19.9 Å². The predicted molar refractivity (Wildman–Crippen MR) is 124 cm³/mol. The normalized spacial score (nSPS) is 18.2. The molecule has 3 aromatic rings. The summed E-state index contributed by atoms with van der Waals surface area (Å²) in [5.41, 5.74) is 6.13. The number of pyridine rings is 1. The van der Waals surface area contributed by atoms with Crippen LogP contribution < -0.4 is 10.1 Å². The van der Waals surface area contributed by atoms with Crippen molar-refractivity contribution in [1.82, 2.24) is 20.1 Å². The number of carbonyl (C=O) groups is 1. The Balaban J connectivity index is 1.59. The molecule has 0 spiro atoms. The number of nitrogens with zero attached hydrogens (tertiary/aromatic N) is 3. The first-order valence-corrected chi connectivity index (χ1v) is 11.1. The molecule has 2 atom stereocenters. The minimum Gasteiger partial charge on any atom is -0.496 e. The van der Waals surface area contributed by atoms with Crippen LogP contribution in [0.5, 0.6) is 5.75 Å². The number of aliphatic hydroxyl groups excluding tert-OH is 1. The molecule has 0 aliphatic carbocycles. The fourth-order valence-electron chi connectivity index (χ4n) is 4.14. The summed E-state index contributed by atoms with van der Waals surface area (Å²) in [6, 6.07) is 7.36. The van der Waals surface area contributed by atoms with Crippen LogP contribution in [0.25, 0.3) is 11.4 Å². The quantitative estimate of drug-likeness (QED) is 0.599. The molecule has 3 heterocycles. The highest BCUT2D eigenvalue weighted by Crippen LogP contribution is 2.31. The summed E-state index contributed by atoms with van der Waals surface area (Å²) in [7, 11) is 3.44. The number of aromatic nitrogens is 3. The van der Waals surface area contributed by atoms with Gasteiger partial charge in [-0.2, -0.15) is 5.10 Å². The second-order valence-corrected chi connectivity index (χ2v) is 8.48. The molecule has 8 heteroatoms. The van der Waals surface area contributed by atoms with Crippen molar-refractivity contribution in [2.75, 3.05) is 20.3 Å². The van der Waals surface area contributed by atoms with Gasteiger partial charge in [0.05, 0.1) is 37.1 Å². The predicted octanol–water partition coefficient (Wildman–Crippen LogP) is 2.58. The van der Waals surface area contributed by atoms with Crippen molar-refractivity contribution in [1.29, 1.82) is 0 Å². The van der Waals surface area contributed by atoms with Crippen LogP contribution in [-0.2, 0) is 18.2 Å². The van der Waals surface area contributed by atoms with Crippen LogP contribution in [0, 0.1) is 13.8 Å². The van der Waals surface area contributed by atoms with E-state index in [0.717, 1.165) is 33.6 Å². The number of aryl methyl sites for hydroxylation is 1. The second-order valence-electron chi connectivity index (χ2n) is 8.48. The van der Waals surface area contributed by atoms with Gasteiger partial charge in [0.15, 0.2) is 0 Å². The van der Waals surface area contributed by atoms with E-state index < -0.39 is 12.1 Å². The molecule has 8 nitrogen and oxygen atoms in total. The molecule has 174 valence electrons. The van der Waals surface area contributed by atoms with E-state index in [9.17, 15) is 9.90 Å². The van der Waals surface area contributed by atoms with Crippen molar-refractivity contribution in [3.05, 3.63) is 64.5 Å². The molecule has 0 radical (unpaired) electrons. The Morgan fingerprint density at radius 1 is 1.27 bits per heavy atom. The zero-order valence-corrected chi connectivity index (χ0v) is 19.5. The SMILES string of the molecule is COc1c(C(=O)N[C@H]2COCC[C@@H]2O)cc(Cc2ccc(-c3ccn(C)n3)nc2)c(C)c1C. The van der Waals surface area contributed by atoms with Gasteiger partial charge in [-0.15, -0.1) is 0 Å². The number of methoxy groups -OCH3 is 1. The van der Waals surface area contributed by atoms with Crippen LogP contribution in [-0.4, -0.2) is 58.2 Å². The van der Waals surface area contributed by atoms with Gasteiger partial charge in [0.1, 0.15) is 11.4 Å². The lowest BCUT2D eigenvalue weighted by atomic mass is 9.93. The molecular weight excluding hydrogens is 420 g/mol. The van der Waals surface area contributed by atoms with Crippen LogP contribution in [0.2, 0.25) is 0 Å². The number of hydrogen-bond donors (Lipinski definition) is 2. The Hall–Kier alpha value is -3.23. The maximum absolute atomic E-state index is 13.1. The Morgan fingerprint density at radius 3 is 2.73 bits per heavy atom. The van der Waals surface area contributed by atoms with E-state index in [1.807, 2.05) is 57.6 Å². The van der Waals surface area contributed by atoms with Crippen molar-refractivity contribution >= 4 is 5.91 Å². The van der Waals surface area contributed by atoms with Crippen molar-refractivity contribution in [3.63, 3.8) is 0 Å². The van der Waals surface area contributed by atoms with Crippen LogP contribution in [0.3, 0.4) is 0 Å². The molecule has 1 aliphatic rings. The summed E-state index contributed by atoms with van der Waals surface area (Å²) >= 11 is 0. The van der Waals surface area contributed by atoms with Crippen molar-refractivity contribution in [2.24, 2.45) is 7.05 Å². The zero-order valence-electron chi connectivity index (χ0n) is 19.5. The standard InChI is InChI=1S/C25H30N4O4/c1-15-16(2)24(32-4)19(25(31)27-22-14-33-10-8-23(22)30)12-18(15)11-17-5-6-20(26-13-17)21-7-9-29(3)28-21/h5-7,9,12-13,22-23,30H,8,10-11,14H2,1-4H3,(H,27,31)/t22-,23-/m0/s1. The Morgan fingerprint density at radius 2 is 2.09 bits per heavy atom. The minimum atomic E-state index is -0.622. The number of amides is 1. The molecule has 1 aromatic carbocycles. The second kappa shape index (κ2) is 9.72. The van der Waals surface area contributed by atoms with E-state index in [-0.39, 0.29) is 5.91 Å². The zero-order chi connectivity index (χ0) is 23.5. The van der Waals surface area contributed by atoms with Crippen LogP contribution >= 0.6 is 0 Å². The first-order chi connectivity index (χ1) is 15.9. The largest absolute Gasteiger partial charge is 0.496 e. The first kappa shape index (κ1) is 22.9. The molecule has 0 saturated carbocycles. The third-order valence-corrected chi connectivity index (χ3v) is 6.23. The van der Waals surface area contributed by atoms with E-state index in [1.54, 1.807) is 11.8 Å². The van der Waals surface area contributed by atoms with Gasteiger partial charge in [-0.25, -0.2) is 0 Å². The number of ether oxygens (including phenoxy) is 2. The average Bonchev–Trinajstić information content (AvgIpc) is 3.25. The van der Waals surface area contributed by atoms with E-state index in [0.29, 0.717) is 37.4 Å². The van der Waals surface area contributed by atoms with E-state index in [2.05, 4.69) is 15.4 Å². The smallest absolute Gasteiger partial charge is 0.255 e. The molecule has 0 unspecified atom stereocenters. The summed E-state index contributed by atoms with van der Waals surface area (Å²) < 4.78 is 12.8. The summed E-state index contributed by atoms with van der Waals surface area (Å²) in [4.78, 5) is 17.7. The van der Waals surface area contributed by atoms with Crippen LogP contribution in [0.4, 0.5) is 0 Å². The fraction of sp³-hybridized carbons (Fsp3) is 0.400. The van der Waals surface area contributed by atoms with Gasteiger partial charge in [0, 0.05) is 26.0 Å². The Kier molecular flexibility index (Phi) is 6.76. The van der Waals surface area contributed by atoms with Crippen molar-refractivity contribution < 1.29 is 19.4 Å².